The van der Waals surface area contributed by atoms with Crippen molar-refractivity contribution in [2.75, 3.05) is 26.2 Å². The lowest BCUT2D eigenvalue weighted by molar-refractivity contribution is 0.0763. The van der Waals surface area contributed by atoms with E-state index in [1.807, 2.05) is 6.92 Å². The van der Waals surface area contributed by atoms with E-state index < -0.39 is 15.8 Å². The molecule has 0 N–H and O–H groups in total. The highest BCUT2D eigenvalue weighted by molar-refractivity contribution is 9.10. The Kier molecular flexibility index (Phi) is 5.98. The van der Waals surface area contributed by atoms with Crippen LogP contribution in [-0.2, 0) is 10.0 Å². The van der Waals surface area contributed by atoms with Crippen molar-refractivity contribution in [1.82, 2.24) is 9.21 Å². The minimum atomic E-state index is -3.60. The number of rotatable bonds is 3. The van der Waals surface area contributed by atoms with Crippen molar-refractivity contribution in [2.45, 2.75) is 18.2 Å². The van der Waals surface area contributed by atoms with Crippen LogP contribution in [0.5, 0.6) is 0 Å². The van der Waals surface area contributed by atoms with Crippen molar-refractivity contribution >= 4 is 31.9 Å². The van der Waals surface area contributed by atoms with Crippen molar-refractivity contribution in [2.24, 2.45) is 0 Å². The van der Waals surface area contributed by atoms with Crippen LogP contribution in [0.4, 0.5) is 4.39 Å². The fourth-order valence-electron chi connectivity index (χ4n) is 3.03. The topological polar surface area (TPSA) is 57.7 Å². The monoisotopic (exact) mass is 454 g/mol. The quantitative estimate of drug-likeness (QED) is 0.713. The maximum atomic E-state index is 13.5. The van der Waals surface area contributed by atoms with Gasteiger partial charge in [0.2, 0.25) is 10.0 Å². The van der Waals surface area contributed by atoms with Gasteiger partial charge in [0.15, 0.2) is 0 Å². The Balaban J connectivity index is 1.76. The van der Waals surface area contributed by atoms with Gasteiger partial charge < -0.3 is 4.90 Å². The molecule has 1 aliphatic rings. The summed E-state index contributed by atoms with van der Waals surface area (Å²) >= 11 is 3.28. The van der Waals surface area contributed by atoms with E-state index in [0.29, 0.717) is 24.0 Å². The number of nitrogens with zero attached hydrogens (tertiary/aromatic N) is 2. The second-order valence-corrected chi connectivity index (χ2v) is 9.28. The van der Waals surface area contributed by atoms with Crippen molar-refractivity contribution < 1.29 is 17.6 Å². The second kappa shape index (κ2) is 8.08. The van der Waals surface area contributed by atoms with Crippen LogP contribution in [0, 0.1) is 12.7 Å². The van der Waals surface area contributed by atoms with E-state index in [9.17, 15) is 17.6 Å². The van der Waals surface area contributed by atoms with Gasteiger partial charge in [0.1, 0.15) is 5.82 Å². The number of amides is 1. The van der Waals surface area contributed by atoms with E-state index in [2.05, 4.69) is 15.9 Å². The summed E-state index contributed by atoms with van der Waals surface area (Å²) in [4.78, 5) is 14.6. The van der Waals surface area contributed by atoms with Crippen LogP contribution in [0.3, 0.4) is 0 Å². The zero-order valence-corrected chi connectivity index (χ0v) is 17.3. The molecule has 1 fully saturated rings. The summed E-state index contributed by atoms with van der Waals surface area (Å²) in [5.74, 6) is -0.795. The van der Waals surface area contributed by atoms with Crippen LogP contribution in [-0.4, -0.2) is 49.7 Å². The Bertz CT molecular complexity index is 948. The third-order valence-electron chi connectivity index (χ3n) is 4.56. The molecule has 8 heteroatoms. The Morgan fingerprint density at radius 2 is 1.74 bits per heavy atom. The van der Waals surface area contributed by atoms with Gasteiger partial charge in [-0.15, -0.1) is 0 Å². The van der Waals surface area contributed by atoms with Gasteiger partial charge in [0.25, 0.3) is 5.91 Å². The van der Waals surface area contributed by atoms with Crippen LogP contribution < -0.4 is 0 Å². The van der Waals surface area contributed by atoms with Gasteiger partial charge in [0, 0.05) is 30.7 Å². The molecule has 144 valence electrons. The van der Waals surface area contributed by atoms with Crippen LogP contribution in [0.25, 0.3) is 0 Å². The number of hydrogen-bond acceptors (Lipinski definition) is 3. The summed E-state index contributed by atoms with van der Waals surface area (Å²) in [5, 5.41) is 0. The summed E-state index contributed by atoms with van der Waals surface area (Å²) in [6, 6.07) is 10.7. The molecule has 2 aromatic carbocycles. The van der Waals surface area contributed by atoms with E-state index >= 15 is 0 Å². The van der Waals surface area contributed by atoms with E-state index in [1.54, 1.807) is 29.2 Å². The van der Waals surface area contributed by atoms with E-state index in [1.165, 1.54) is 22.5 Å². The average Bonchev–Trinajstić information content (AvgIpc) is 2.90. The predicted molar refractivity (Wildman–Crippen MR) is 105 cm³/mol. The number of carbonyl (C=O) groups excluding carboxylic acids is 1. The highest BCUT2D eigenvalue weighted by Gasteiger charge is 2.29. The number of halogens is 2. The van der Waals surface area contributed by atoms with Gasteiger partial charge in [-0.05, 0) is 59.6 Å². The summed E-state index contributed by atoms with van der Waals surface area (Å²) < 4.78 is 41.2. The normalized spacial score (nSPS) is 16.2. The van der Waals surface area contributed by atoms with Crippen molar-refractivity contribution in [3.63, 3.8) is 0 Å². The summed E-state index contributed by atoms with van der Waals surface area (Å²) in [6.45, 7) is 3.12. The number of hydrogen-bond donors (Lipinski definition) is 0. The zero-order valence-electron chi connectivity index (χ0n) is 14.9. The van der Waals surface area contributed by atoms with Crippen molar-refractivity contribution in [1.29, 1.82) is 0 Å². The van der Waals surface area contributed by atoms with Gasteiger partial charge in [-0.25, -0.2) is 12.8 Å². The Morgan fingerprint density at radius 1 is 1.04 bits per heavy atom. The molecule has 0 atom stereocenters. The van der Waals surface area contributed by atoms with Crippen molar-refractivity contribution in [3.05, 3.63) is 63.9 Å². The lowest BCUT2D eigenvalue weighted by Crippen LogP contribution is -2.37. The molecule has 0 aromatic heterocycles. The molecule has 5 nitrogen and oxygen atoms in total. The van der Waals surface area contributed by atoms with Gasteiger partial charge in [0.05, 0.1) is 10.5 Å². The minimum Gasteiger partial charge on any atom is -0.337 e. The lowest BCUT2D eigenvalue weighted by atomic mass is 10.2. The lowest BCUT2D eigenvalue weighted by Gasteiger charge is -2.22. The molecule has 1 heterocycles. The van der Waals surface area contributed by atoms with E-state index in [0.717, 1.165) is 5.56 Å². The minimum absolute atomic E-state index is 0.203. The summed E-state index contributed by atoms with van der Waals surface area (Å²) in [6.07, 6.45) is 0.518. The van der Waals surface area contributed by atoms with Crippen LogP contribution >= 0.6 is 15.9 Å². The van der Waals surface area contributed by atoms with E-state index in [-0.39, 0.29) is 29.5 Å². The zero-order chi connectivity index (χ0) is 19.6. The SMILES string of the molecule is Cc1ccc(S(=O)(=O)N2CCCN(C(=O)c3cc(F)ccc3Br)CC2)cc1. The molecule has 0 radical (unpaired) electrons. The molecule has 1 aliphatic heterocycles. The molecule has 0 bridgehead atoms. The average molecular weight is 455 g/mol. The molecular formula is C19H20BrFN2O3S. The van der Waals surface area contributed by atoms with Crippen LogP contribution in [0.2, 0.25) is 0 Å². The van der Waals surface area contributed by atoms with Gasteiger partial charge in [-0.3, -0.25) is 4.79 Å². The second-order valence-electron chi connectivity index (χ2n) is 6.49. The first kappa shape index (κ1) is 20.0. The molecule has 0 aliphatic carbocycles. The third kappa shape index (κ3) is 4.39. The van der Waals surface area contributed by atoms with Gasteiger partial charge in [-0.1, -0.05) is 17.7 Å². The first-order chi connectivity index (χ1) is 12.8. The molecule has 1 saturated heterocycles. The highest BCUT2D eigenvalue weighted by atomic mass is 79.9. The molecular weight excluding hydrogens is 435 g/mol. The molecule has 0 spiro atoms. The predicted octanol–water partition coefficient (Wildman–Crippen LogP) is 3.43. The highest BCUT2D eigenvalue weighted by Crippen LogP contribution is 2.22. The number of sulfonamides is 1. The number of benzene rings is 2. The Labute approximate surface area is 167 Å². The molecule has 1 amide bonds. The van der Waals surface area contributed by atoms with Gasteiger partial charge in [-0.2, -0.15) is 4.31 Å². The Morgan fingerprint density at radius 3 is 2.44 bits per heavy atom. The molecule has 27 heavy (non-hydrogen) atoms. The van der Waals surface area contributed by atoms with Crippen molar-refractivity contribution in [3.8, 4) is 0 Å². The maximum absolute atomic E-state index is 13.5. The molecule has 3 rings (SSSR count). The molecule has 0 saturated carbocycles. The maximum Gasteiger partial charge on any atom is 0.255 e. The first-order valence-corrected chi connectivity index (χ1v) is 10.8. The standard InChI is InChI=1S/C19H20BrFN2O3S/c1-14-3-6-16(7-4-14)27(25,26)23-10-2-9-22(11-12-23)19(24)17-13-15(21)5-8-18(17)20/h3-8,13H,2,9-12H2,1H3. The Hall–Kier alpha value is -1.77. The third-order valence-corrected chi connectivity index (χ3v) is 7.16. The molecule has 2 aromatic rings. The van der Waals surface area contributed by atoms with Gasteiger partial charge >= 0.3 is 0 Å². The first-order valence-electron chi connectivity index (χ1n) is 8.60. The largest absolute Gasteiger partial charge is 0.337 e. The number of carbonyl (C=O) groups is 1. The fraction of sp³-hybridized carbons (Fsp3) is 0.316. The van der Waals surface area contributed by atoms with Crippen LogP contribution in [0.15, 0.2) is 51.8 Å². The fourth-order valence-corrected chi connectivity index (χ4v) is 4.91. The summed E-state index contributed by atoms with van der Waals surface area (Å²) in [7, 11) is -3.60. The number of aryl methyl sites for hydroxylation is 1. The smallest absolute Gasteiger partial charge is 0.255 e. The summed E-state index contributed by atoms with van der Waals surface area (Å²) in [5.41, 5.74) is 1.23. The molecule has 0 unspecified atom stereocenters. The van der Waals surface area contributed by atoms with E-state index in [4.69, 9.17) is 0 Å². The van der Waals surface area contributed by atoms with Crippen LogP contribution in [0.1, 0.15) is 22.3 Å².